The lowest BCUT2D eigenvalue weighted by Gasteiger charge is -2.08. The molecule has 0 saturated heterocycles. The van der Waals surface area contributed by atoms with E-state index in [-0.39, 0.29) is 11.7 Å². The second-order valence-electron chi connectivity index (χ2n) is 4.86. The van der Waals surface area contributed by atoms with Gasteiger partial charge in [0.05, 0.1) is 6.20 Å². The first-order valence-electron chi connectivity index (χ1n) is 7.28. The van der Waals surface area contributed by atoms with Crippen LogP contribution in [0.2, 0.25) is 0 Å². The average Bonchev–Trinajstić information content (AvgIpc) is 3.12. The Morgan fingerprint density at radius 3 is 2.79 bits per heavy atom. The van der Waals surface area contributed by atoms with Crippen LogP contribution in [0, 0.1) is 0 Å². The zero-order valence-corrected chi connectivity index (χ0v) is 12.7. The molecule has 2 N–H and O–H groups in total. The predicted molar refractivity (Wildman–Crippen MR) is 85.0 cm³/mol. The van der Waals surface area contributed by atoms with E-state index in [4.69, 9.17) is 4.74 Å². The van der Waals surface area contributed by atoms with Gasteiger partial charge < -0.3 is 15.2 Å². The topological polar surface area (TPSA) is 102 Å². The van der Waals surface area contributed by atoms with Gasteiger partial charge in [-0.05, 0) is 18.1 Å². The van der Waals surface area contributed by atoms with E-state index >= 15 is 0 Å². The van der Waals surface area contributed by atoms with Crippen LogP contribution in [0.4, 0.5) is 4.79 Å². The van der Waals surface area contributed by atoms with E-state index in [2.05, 4.69) is 20.4 Å². The fraction of sp³-hybridized carbons (Fsp3) is 0.125. The maximum absolute atomic E-state index is 11.8. The van der Waals surface area contributed by atoms with E-state index in [0.29, 0.717) is 13.0 Å². The molecule has 2 heterocycles. The van der Waals surface area contributed by atoms with Crippen molar-refractivity contribution in [1.82, 2.24) is 25.1 Å². The first-order valence-corrected chi connectivity index (χ1v) is 7.28. The number of hydrogen-bond acceptors (Lipinski definition) is 6. The third kappa shape index (κ3) is 3.86. The molecule has 0 aliphatic carbocycles. The molecule has 0 atom stereocenters. The molecule has 24 heavy (non-hydrogen) atoms. The quantitative estimate of drug-likeness (QED) is 0.740. The minimum Gasteiger partial charge on any atom is -0.491 e. The number of amides is 1. The number of rotatable bonds is 5. The van der Waals surface area contributed by atoms with Gasteiger partial charge in [0.2, 0.25) is 5.75 Å². The minimum absolute atomic E-state index is 0.122. The molecular formula is C16H15N5O3. The summed E-state index contributed by atoms with van der Waals surface area (Å²) >= 11 is 0. The van der Waals surface area contributed by atoms with E-state index in [0.717, 1.165) is 5.56 Å². The van der Waals surface area contributed by atoms with Crippen LogP contribution in [-0.2, 0) is 6.42 Å². The molecule has 3 aromatic rings. The zero-order chi connectivity index (χ0) is 16.8. The lowest BCUT2D eigenvalue weighted by Crippen LogP contribution is -2.28. The minimum atomic E-state index is -0.684. The fourth-order valence-electron chi connectivity index (χ4n) is 2.01. The Hall–Kier alpha value is -3.42. The van der Waals surface area contributed by atoms with Crippen LogP contribution in [0.3, 0.4) is 0 Å². The second-order valence-corrected chi connectivity index (χ2v) is 4.86. The van der Waals surface area contributed by atoms with Crippen molar-refractivity contribution in [2.24, 2.45) is 0 Å². The van der Waals surface area contributed by atoms with E-state index in [1.54, 1.807) is 18.5 Å². The molecule has 0 bridgehead atoms. The van der Waals surface area contributed by atoms with Crippen molar-refractivity contribution in [3.8, 4) is 17.6 Å². The van der Waals surface area contributed by atoms with Crippen LogP contribution < -0.4 is 10.1 Å². The van der Waals surface area contributed by atoms with E-state index in [1.165, 1.54) is 10.9 Å². The molecule has 2 aromatic heterocycles. The Labute approximate surface area is 137 Å². The Bertz CT molecular complexity index is 806. The van der Waals surface area contributed by atoms with Crippen LogP contribution in [0.15, 0.2) is 55.0 Å². The second kappa shape index (κ2) is 7.23. The molecule has 0 unspecified atom stereocenters. The number of nitrogens with one attached hydrogen (secondary N) is 1. The van der Waals surface area contributed by atoms with Crippen molar-refractivity contribution in [2.75, 3.05) is 6.54 Å². The predicted octanol–water partition coefficient (Wildman–Crippen LogP) is 1.70. The van der Waals surface area contributed by atoms with Gasteiger partial charge in [0.25, 0.3) is 11.8 Å². The third-order valence-corrected chi connectivity index (χ3v) is 3.16. The molecule has 8 nitrogen and oxygen atoms in total. The van der Waals surface area contributed by atoms with Crippen molar-refractivity contribution < 1.29 is 14.6 Å². The summed E-state index contributed by atoms with van der Waals surface area (Å²) in [5, 5.41) is 16.4. The van der Waals surface area contributed by atoms with Gasteiger partial charge in [-0.25, -0.2) is 14.5 Å². The maximum atomic E-state index is 11.8. The lowest BCUT2D eigenvalue weighted by molar-refractivity contribution is 0.198. The monoisotopic (exact) mass is 325 g/mol. The van der Waals surface area contributed by atoms with Crippen LogP contribution in [0.1, 0.15) is 5.56 Å². The van der Waals surface area contributed by atoms with E-state index in [1.807, 2.05) is 30.3 Å². The van der Waals surface area contributed by atoms with Gasteiger partial charge in [0.1, 0.15) is 0 Å². The highest BCUT2D eigenvalue weighted by molar-refractivity contribution is 5.70. The summed E-state index contributed by atoms with van der Waals surface area (Å²) in [5.41, 5.74) is 1.10. The highest BCUT2D eigenvalue weighted by atomic mass is 16.6. The molecule has 0 saturated carbocycles. The summed E-state index contributed by atoms with van der Waals surface area (Å²) in [6.07, 6.45) is 4.40. The van der Waals surface area contributed by atoms with E-state index in [9.17, 15) is 9.90 Å². The van der Waals surface area contributed by atoms with Gasteiger partial charge in [-0.1, -0.05) is 30.3 Å². The number of carbonyl (C=O) groups excluding carboxylic acids is 1. The third-order valence-electron chi connectivity index (χ3n) is 3.16. The first kappa shape index (κ1) is 15.5. The number of ether oxygens (including phenoxy) is 1. The van der Waals surface area contributed by atoms with Gasteiger partial charge in [-0.2, -0.15) is 10.1 Å². The van der Waals surface area contributed by atoms with Crippen molar-refractivity contribution in [3.05, 3.63) is 60.6 Å². The normalized spacial score (nSPS) is 10.3. The van der Waals surface area contributed by atoms with Crippen LogP contribution in [0.5, 0.6) is 11.6 Å². The molecule has 0 spiro atoms. The molecule has 0 radical (unpaired) electrons. The van der Waals surface area contributed by atoms with Gasteiger partial charge in [0, 0.05) is 18.9 Å². The molecule has 1 aromatic carbocycles. The highest BCUT2D eigenvalue weighted by Gasteiger charge is 2.12. The summed E-state index contributed by atoms with van der Waals surface area (Å²) in [4.78, 5) is 19.6. The van der Waals surface area contributed by atoms with Crippen molar-refractivity contribution in [1.29, 1.82) is 0 Å². The van der Waals surface area contributed by atoms with Crippen LogP contribution in [-0.4, -0.2) is 37.5 Å². The summed E-state index contributed by atoms with van der Waals surface area (Å²) in [6, 6.07) is 11.4. The largest absolute Gasteiger partial charge is 0.491 e. The van der Waals surface area contributed by atoms with Crippen molar-refractivity contribution in [2.45, 2.75) is 6.42 Å². The number of aromatic nitrogens is 4. The first-order chi connectivity index (χ1) is 11.7. The molecule has 8 heteroatoms. The van der Waals surface area contributed by atoms with Crippen LogP contribution in [0.25, 0.3) is 5.95 Å². The molecule has 0 aliphatic heterocycles. The fourth-order valence-corrected chi connectivity index (χ4v) is 2.01. The Kier molecular flexibility index (Phi) is 4.66. The number of aromatic hydroxyl groups is 1. The molecule has 0 aliphatic rings. The van der Waals surface area contributed by atoms with Gasteiger partial charge in [-0.3, -0.25) is 0 Å². The smallest absolute Gasteiger partial charge is 0.412 e. The van der Waals surface area contributed by atoms with Crippen molar-refractivity contribution >= 4 is 6.09 Å². The Morgan fingerprint density at radius 1 is 1.25 bits per heavy atom. The van der Waals surface area contributed by atoms with Crippen LogP contribution >= 0.6 is 0 Å². The number of hydrogen-bond donors (Lipinski definition) is 2. The lowest BCUT2D eigenvalue weighted by atomic mass is 10.1. The number of carbonyl (C=O) groups is 1. The van der Waals surface area contributed by atoms with E-state index < -0.39 is 12.0 Å². The molecule has 122 valence electrons. The molecule has 1 amide bonds. The Balaban J connectivity index is 1.54. The highest BCUT2D eigenvalue weighted by Crippen LogP contribution is 2.22. The molecule has 3 rings (SSSR count). The standard InChI is InChI=1S/C16H15N5O3/c22-14-13(11-18-15(20-14)21-10-4-8-19-21)24-16(23)17-9-7-12-5-2-1-3-6-12/h1-6,8,10-11H,7,9H2,(H,17,23)(H,18,20,22). The van der Waals surface area contributed by atoms with Gasteiger partial charge in [0.15, 0.2) is 0 Å². The van der Waals surface area contributed by atoms with Gasteiger partial charge >= 0.3 is 6.09 Å². The molecule has 0 fully saturated rings. The number of nitrogens with zero attached hydrogens (tertiary/aromatic N) is 4. The van der Waals surface area contributed by atoms with Gasteiger partial charge in [-0.15, -0.1) is 0 Å². The summed E-state index contributed by atoms with van der Waals surface area (Å²) in [5.74, 6) is -0.383. The summed E-state index contributed by atoms with van der Waals surface area (Å²) in [6.45, 7) is 0.413. The average molecular weight is 325 g/mol. The SMILES string of the molecule is O=C(NCCc1ccccc1)Oc1cnc(-n2cccn2)nc1O. The Morgan fingerprint density at radius 2 is 2.08 bits per heavy atom. The summed E-state index contributed by atoms with van der Waals surface area (Å²) < 4.78 is 6.38. The maximum Gasteiger partial charge on any atom is 0.412 e. The molecular weight excluding hydrogens is 310 g/mol. The number of benzene rings is 1. The van der Waals surface area contributed by atoms with Crippen molar-refractivity contribution in [3.63, 3.8) is 0 Å². The zero-order valence-electron chi connectivity index (χ0n) is 12.7. The summed E-state index contributed by atoms with van der Waals surface area (Å²) in [7, 11) is 0.